The van der Waals surface area contributed by atoms with E-state index in [9.17, 15) is 4.79 Å². The fourth-order valence-electron chi connectivity index (χ4n) is 2.19. The molecule has 1 atom stereocenters. The van der Waals surface area contributed by atoms with Crippen molar-refractivity contribution in [3.8, 4) is 0 Å². The fraction of sp³-hybridized carbons (Fsp3) is 0.917. The number of aliphatic hydroxyl groups excluding tert-OH is 1. The highest BCUT2D eigenvalue weighted by molar-refractivity contribution is 5.76. The summed E-state index contributed by atoms with van der Waals surface area (Å²) in [5.41, 5.74) is 5.83. The second-order valence-corrected chi connectivity index (χ2v) is 5.02. The number of nitrogens with two attached hydrogens (primary N) is 1. The summed E-state index contributed by atoms with van der Waals surface area (Å²) in [6.45, 7) is 2.83. The fourth-order valence-corrected chi connectivity index (χ4v) is 2.19. The van der Waals surface area contributed by atoms with Crippen LogP contribution in [0.5, 0.6) is 0 Å². The number of aliphatic hydroxyl groups is 1. The second kappa shape index (κ2) is 6.21. The minimum absolute atomic E-state index is 0.00747. The summed E-state index contributed by atoms with van der Waals surface area (Å²) in [7, 11) is 1.83. The topological polar surface area (TPSA) is 66.6 Å². The number of carbonyl (C=O) groups is 1. The average Bonchev–Trinajstić information content (AvgIpc) is 2.15. The van der Waals surface area contributed by atoms with Crippen LogP contribution in [0.15, 0.2) is 0 Å². The Morgan fingerprint density at radius 3 is 2.69 bits per heavy atom. The summed E-state index contributed by atoms with van der Waals surface area (Å²) in [6, 6.07) is -0.00747. The monoisotopic (exact) mass is 228 g/mol. The third-order valence-corrected chi connectivity index (χ3v) is 3.26. The van der Waals surface area contributed by atoms with Crippen LogP contribution in [0.4, 0.5) is 0 Å². The number of amides is 1. The number of hydrogen-bond donors (Lipinski definition) is 2. The smallest absolute Gasteiger partial charge is 0.223 e. The molecule has 16 heavy (non-hydrogen) atoms. The molecule has 0 aromatic carbocycles. The zero-order valence-corrected chi connectivity index (χ0v) is 10.4. The van der Waals surface area contributed by atoms with Gasteiger partial charge in [0.25, 0.3) is 0 Å². The largest absolute Gasteiger partial charge is 0.393 e. The van der Waals surface area contributed by atoms with Crippen LogP contribution >= 0.6 is 0 Å². The Kier molecular flexibility index (Phi) is 5.22. The molecule has 1 amide bonds. The van der Waals surface area contributed by atoms with Crippen molar-refractivity contribution in [2.24, 2.45) is 11.7 Å². The third kappa shape index (κ3) is 4.10. The van der Waals surface area contributed by atoms with Gasteiger partial charge < -0.3 is 15.7 Å². The summed E-state index contributed by atoms with van der Waals surface area (Å²) < 4.78 is 0. The second-order valence-electron chi connectivity index (χ2n) is 5.02. The molecule has 0 radical (unpaired) electrons. The van der Waals surface area contributed by atoms with E-state index in [2.05, 4.69) is 6.92 Å². The first-order chi connectivity index (χ1) is 7.52. The van der Waals surface area contributed by atoms with Crippen LogP contribution < -0.4 is 5.73 Å². The highest BCUT2D eigenvalue weighted by Gasteiger charge is 2.29. The average molecular weight is 228 g/mol. The number of rotatable bonds is 6. The van der Waals surface area contributed by atoms with Gasteiger partial charge in [0.15, 0.2) is 0 Å². The maximum absolute atomic E-state index is 11.8. The lowest BCUT2D eigenvalue weighted by Crippen LogP contribution is -2.41. The van der Waals surface area contributed by atoms with E-state index in [1.807, 2.05) is 7.05 Å². The summed E-state index contributed by atoms with van der Waals surface area (Å²) >= 11 is 0. The van der Waals surface area contributed by atoms with Gasteiger partial charge in [0.1, 0.15) is 0 Å². The van der Waals surface area contributed by atoms with Crippen molar-refractivity contribution in [3.05, 3.63) is 0 Å². The highest BCUT2D eigenvalue weighted by Crippen LogP contribution is 2.27. The van der Waals surface area contributed by atoms with Gasteiger partial charge in [-0.1, -0.05) is 13.3 Å². The van der Waals surface area contributed by atoms with E-state index in [1.54, 1.807) is 4.90 Å². The maximum Gasteiger partial charge on any atom is 0.223 e. The van der Waals surface area contributed by atoms with E-state index in [0.29, 0.717) is 12.3 Å². The Hall–Kier alpha value is -0.610. The highest BCUT2D eigenvalue weighted by atomic mass is 16.3. The Bertz CT molecular complexity index is 227. The van der Waals surface area contributed by atoms with Crippen molar-refractivity contribution >= 4 is 5.91 Å². The molecule has 1 rings (SSSR count). The van der Waals surface area contributed by atoms with Crippen molar-refractivity contribution in [2.45, 2.75) is 51.2 Å². The molecule has 0 aromatic rings. The first-order valence-electron chi connectivity index (χ1n) is 6.20. The van der Waals surface area contributed by atoms with E-state index in [-0.39, 0.29) is 18.1 Å². The van der Waals surface area contributed by atoms with Gasteiger partial charge in [-0.25, -0.2) is 0 Å². The Morgan fingerprint density at radius 2 is 2.19 bits per heavy atom. The maximum atomic E-state index is 11.8. The predicted octanol–water partition coefficient (Wildman–Crippen LogP) is 0.733. The molecule has 1 aliphatic rings. The van der Waals surface area contributed by atoms with Crippen LogP contribution in [0.25, 0.3) is 0 Å². The summed E-state index contributed by atoms with van der Waals surface area (Å²) in [4.78, 5) is 13.5. The minimum Gasteiger partial charge on any atom is -0.393 e. The molecule has 0 saturated heterocycles. The summed E-state index contributed by atoms with van der Waals surface area (Å²) in [5.74, 6) is 0.605. The van der Waals surface area contributed by atoms with E-state index >= 15 is 0 Å². The minimum atomic E-state index is -0.143. The molecule has 4 heteroatoms. The van der Waals surface area contributed by atoms with Gasteiger partial charge in [-0.2, -0.15) is 0 Å². The molecule has 0 aliphatic heterocycles. The molecular formula is C12H24N2O2. The van der Waals surface area contributed by atoms with Crippen LogP contribution in [0.1, 0.15) is 39.0 Å². The lowest BCUT2D eigenvalue weighted by atomic mass is 9.82. The molecule has 94 valence electrons. The van der Waals surface area contributed by atoms with Crippen molar-refractivity contribution in [1.82, 2.24) is 4.90 Å². The van der Waals surface area contributed by atoms with Crippen molar-refractivity contribution in [3.63, 3.8) is 0 Å². The Morgan fingerprint density at radius 1 is 1.56 bits per heavy atom. The summed E-state index contributed by atoms with van der Waals surface area (Å²) in [5, 5.41) is 9.16. The zero-order valence-electron chi connectivity index (χ0n) is 10.4. The van der Waals surface area contributed by atoms with Crippen molar-refractivity contribution < 1.29 is 9.90 Å². The first kappa shape index (κ1) is 13.5. The quantitative estimate of drug-likeness (QED) is 0.704. The molecule has 0 spiro atoms. The van der Waals surface area contributed by atoms with Crippen molar-refractivity contribution in [1.29, 1.82) is 0 Å². The molecule has 0 aromatic heterocycles. The number of hydrogen-bond acceptors (Lipinski definition) is 3. The van der Waals surface area contributed by atoms with Crippen LogP contribution in [-0.2, 0) is 4.79 Å². The van der Waals surface area contributed by atoms with E-state index in [1.165, 1.54) is 0 Å². The molecule has 3 N–H and O–H groups in total. The van der Waals surface area contributed by atoms with Crippen LogP contribution in [-0.4, -0.2) is 41.7 Å². The van der Waals surface area contributed by atoms with Gasteiger partial charge in [0.05, 0.1) is 6.10 Å². The lowest BCUT2D eigenvalue weighted by molar-refractivity contribution is -0.131. The standard InChI is InChI=1S/C12H24N2O2/c1-3-4-10(13)7-12(16)14(2)8-9-5-11(15)6-9/h9-11,15H,3-8,13H2,1-2H3. The lowest BCUT2D eigenvalue weighted by Gasteiger charge is -2.34. The predicted molar refractivity (Wildman–Crippen MR) is 63.9 cm³/mol. The Labute approximate surface area is 97.8 Å². The van der Waals surface area contributed by atoms with Crippen molar-refractivity contribution in [2.75, 3.05) is 13.6 Å². The molecule has 1 saturated carbocycles. The third-order valence-electron chi connectivity index (χ3n) is 3.26. The molecule has 1 fully saturated rings. The van der Waals surface area contributed by atoms with Crippen LogP contribution in [0, 0.1) is 5.92 Å². The SMILES string of the molecule is CCCC(N)CC(=O)N(C)CC1CC(O)C1. The van der Waals surface area contributed by atoms with Crippen LogP contribution in [0.2, 0.25) is 0 Å². The Balaban J connectivity index is 2.19. The number of nitrogens with zero attached hydrogens (tertiary/aromatic N) is 1. The van der Waals surface area contributed by atoms with Crippen LogP contribution in [0.3, 0.4) is 0 Å². The molecule has 0 heterocycles. The van der Waals surface area contributed by atoms with E-state index in [4.69, 9.17) is 10.8 Å². The van der Waals surface area contributed by atoms with E-state index < -0.39 is 0 Å². The van der Waals surface area contributed by atoms with Gasteiger partial charge in [-0.3, -0.25) is 4.79 Å². The molecule has 4 nitrogen and oxygen atoms in total. The normalized spacial score (nSPS) is 26.0. The van der Waals surface area contributed by atoms with Gasteiger partial charge >= 0.3 is 0 Å². The van der Waals surface area contributed by atoms with Gasteiger partial charge in [0, 0.05) is 26.1 Å². The zero-order chi connectivity index (χ0) is 12.1. The number of carbonyl (C=O) groups excluding carboxylic acids is 1. The first-order valence-corrected chi connectivity index (χ1v) is 6.20. The molecule has 1 unspecified atom stereocenters. The summed E-state index contributed by atoms with van der Waals surface area (Å²) in [6.07, 6.45) is 3.89. The van der Waals surface area contributed by atoms with Gasteiger partial charge in [-0.05, 0) is 25.2 Å². The molecular weight excluding hydrogens is 204 g/mol. The molecule has 1 aliphatic carbocycles. The molecule has 0 bridgehead atoms. The van der Waals surface area contributed by atoms with Gasteiger partial charge in [-0.15, -0.1) is 0 Å². The van der Waals surface area contributed by atoms with E-state index in [0.717, 1.165) is 32.2 Å². The van der Waals surface area contributed by atoms with Gasteiger partial charge in [0.2, 0.25) is 5.91 Å².